The second-order valence-electron chi connectivity index (χ2n) is 3.99. The lowest BCUT2D eigenvalue weighted by molar-refractivity contribution is 0.0774. The maximum atomic E-state index is 12.7. The molecule has 0 aromatic heterocycles. The number of benzene rings is 1. The Morgan fingerprint density at radius 1 is 1.29 bits per heavy atom. The second kappa shape index (κ2) is 5.12. The summed E-state index contributed by atoms with van der Waals surface area (Å²) in [4.78, 5) is 0.0736. The SMILES string of the molecule is O=S(=O)(NC1CCCOC1)c1ccc(F)cc1. The second-order valence-corrected chi connectivity index (χ2v) is 5.70. The van der Waals surface area contributed by atoms with Crippen molar-refractivity contribution < 1.29 is 17.5 Å². The topological polar surface area (TPSA) is 55.4 Å². The van der Waals surface area contributed by atoms with Gasteiger partial charge in [0.1, 0.15) is 5.82 Å². The van der Waals surface area contributed by atoms with Gasteiger partial charge in [-0.05, 0) is 37.1 Å². The third-order valence-corrected chi connectivity index (χ3v) is 4.14. The van der Waals surface area contributed by atoms with Crippen LogP contribution in [0.15, 0.2) is 29.2 Å². The van der Waals surface area contributed by atoms with E-state index in [1.165, 1.54) is 12.1 Å². The molecule has 1 aliphatic rings. The van der Waals surface area contributed by atoms with E-state index >= 15 is 0 Å². The molecule has 0 spiro atoms. The van der Waals surface area contributed by atoms with Gasteiger partial charge in [0.15, 0.2) is 0 Å². The predicted octanol–water partition coefficient (Wildman–Crippen LogP) is 1.28. The third-order valence-electron chi connectivity index (χ3n) is 2.61. The summed E-state index contributed by atoms with van der Waals surface area (Å²) in [7, 11) is -3.57. The van der Waals surface area contributed by atoms with Gasteiger partial charge in [-0.1, -0.05) is 0 Å². The van der Waals surface area contributed by atoms with Gasteiger partial charge < -0.3 is 4.74 Å². The Morgan fingerprint density at radius 3 is 2.59 bits per heavy atom. The first-order valence-corrected chi connectivity index (χ1v) is 6.92. The lowest BCUT2D eigenvalue weighted by Crippen LogP contribution is -2.40. The minimum absolute atomic E-state index is 0.0736. The van der Waals surface area contributed by atoms with E-state index in [1.54, 1.807) is 0 Å². The Labute approximate surface area is 99.8 Å². The van der Waals surface area contributed by atoms with E-state index in [4.69, 9.17) is 4.74 Å². The zero-order chi connectivity index (χ0) is 12.3. The Hall–Kier alpha value is -0.980. The van der Waals surface area contributed by atoms with Gasteiger partial charge in [-0.15, -0.1) is 0 Å². The fraction of sp³-hybridized carbons (Fsp3) is 0.455. The molecule has 17 heavy (non-hydrogen) atoms. The number of hydrogen-bond donors (Lipinski definition) is 1. The zero-order valence-electron chi connectivity index (χ0n) is 9.23. The van der Waals surface area contributed by atoms with Crippen LogP contribution in [0.25, 0.3) is 0 Å². The highest BCUT2D eigenvalue weighted by atomic mass is 32.2. The van der Waals surface area contributed by atoms with Crippen LogP contribution in [0.3, 0.4) is 0 Å². The molecule has 1 heterocycles. The lowest BCUT2D eigenvalue weighted by Gasteiger charge is -2.22. The largest absolute Gasteiger partial charge is 0.380 e. The molecule has 1 aliphatic heterocycles. The van der Waals surface area contributed by atoms with Crippen LogP contribution in [0.4, 0.5) is 4.39 Å². The Bertz CT molecular complexity index is 466. The summed E-state index contributed by atoms with van der Waals surface area (Å²) >= 11 is 0. The Kier molecular flexibility index (Phi) is 3.76. The van der Waals surface area contributed by atoms with Crippen molar-refractivity contribution in [1.82, 2.24) is 4.72 Å². The molecule has 6 heteroatoms. The first-order valence-electron chi connectivity index (χ1n) is 5.43. The van der Waals surface area contributed by atoms with Crippen molar-refractivity contribution in [3.8, 4) is 0 Å². The van der Waals surface area contributed by atoms with Crippen molar-refractivity contribution >= 4 is 10.0 Å². The molecule has 0 saturated carbocycles. The van der Waals surface area contributed by atoms with Crippen LogP contribution in [0.5, 0.6) is 0 Å². The van der Waals surface area contributed by atoms with Gasteiger partial charge in [-0.3, -0.25) is 0 Å². The van der Waals surface area contributed by atoms with E-state index in [-0.39, 0.29) is 10.9 Å². The number of rotatable bonds is 3. The van der Waals surface area contributed by atoms with Crippen molar-refractivity contribution in [2.75, 3.05) is 13.2 Å². The van der Waals surface area contributed by atoms with Gasteiger partial charge in [-0.2, -0.15) is 0 Å². The first-order chi connectivity index (χ1) is 8.08. The molecule has 0 aliphatic carbocycles. The van der Waals surface area contributed by atoms with E-state index in [1.807, 2.05) is 0 Å². The highest BCUT2D eigenvalue weighted by molar-refractivity contribution is 7.89. The standard InChI is InChI=1S/C11H14FNO3S/c12-9-3-5-11(6-4-9)17(14,15)13-10-2-1-7-16-8-10/h3-6,10,13H,1-2,7-8H2. The molecule has 1 aromatic rings. The summed E-state index contributed by atoms with van der Waals surface area (Å²) in [5.74, 6) is -0.454. The minimum atomic E-state index is -3.57. The van der Waals surface area contributed by atoms with Gasteiger partial charge in [-0.25, -0.2) is 17.5 Å². The van der Waals surface area contributed by atoms with Crippen LogP contribution in [0.1, 0.15) is 12.8 Å². The molecule has 1 fully saturated rings. The van der Waals surface area contributed by atoms with Crippen LogP contribution in [-0.2, 0) is 14.8 Å². The average molecular weight is 259 g/mol. The van der Waals surface area contributed by atoms with E-state index in [9.17, 15) is 12.8 Å². The molecule has 2 rings (SSSR count). The van der Waals surface area contributed by atoms with Crippen LogP contribution in [0, 0.1) is 5.82 Å². The molecule has 0 bridgehead atoms. The normalized spacial score (nSPS) is 21.4. The van der Waals surface area contributed by atoms with Crippen molar-refractivity contribution in [3.05, 3.63) is 30.1 Å². The minimum Gasteiger partial charge on any atom is -0.380 e. The highest BCUT2D eigenvalue weighted by Gasteiger charge is 2.22. The monoisotopic (exact) mass is 259 g/mol. The summed E-state index contributed by atoms with van der Waals surface area (Å²) in [6.07, 6.45) is 1.61. The van der Waals surface area contributed by atoms with Gasteiger partial charge in [0, 0.05) is 12.6 Å². The number of sulfonamides is 1. The molecule has 4 nitrogen and oxygen atoms in total. The van der Waals surface area contributed by atoms with Crippen LogP contribution in [0.2, 0.25) is 0 Å². The van der Waals surface area contributed by atoms with Gasteiger partial charge >= 0.3 is 0 Å². The summed E-state index contributed by atoms with van der Waals surface area (Å²) < 4.78 is 44.3. The summed E-state index contributed by atoms with van der Waals surface area (Å²) in [6, 6.07) is 4.57. The molecule has 1 saturated heterocycles. The predicted molar refractivity (Wildman–Crippen MR) is 60.6 cm³/mol. The molecule has 0 amide bonds. The molecule has 1 atom stereocenters. The van der Waals surface area contributed by atoms with Crippen molar-refractivity contribution in [1.29, 1.82) is 0 Å². The van der Waals surface area contributed by atoms with E-state index in [0.29, 0.717) is 13.2 Å². The number of halogens is 1. The first kappa shape index (κ1) is 12.5. The van der Waals surface area contributed by atoms with Crippen LogP contribution >= 0.6 is 0 Å². The van der Waals surface area contributed by atoms with Gasteiger partial charge in [0.05, 0.1) is 11.5 Å². The van der Waals surface area contributed by atoms with Gasteiger partial charge in [0.25, 0.3) is 0 Å². The maximum absolute atomic E-state index is 12.7. The molecular formula is C11H14FNO3S. The van der Waals surface area contributed by atoms with Crippen molar-refractivity contribution in [3.63, 3.8) is 0 Å². The molecule has 94 valence electrons. The van der Waals surface area contributed by atoms with Crippen LogP contribution in [-0.4, -0.2) is 27.7 Å². The number of ether oxygens (including phenoxy) is 1. The molecule has 0 radical (unpaired) electrons. The van der Waals surface area contributed by atoms with E-state index < -0.39 is 15.8 Å². The molecule has 1 unspecified atom stereocenters. The maximum Gasteiger partial charge on any atom is 0.240 e. The third kappa shape index (κ3) is 3.24. The summed E-state index contributed by atoms with van der Waals surface area (Å²) in [5.41, 5.74) is 0. The van der Waals surface area contributed by atoms with Crippen molar-refractivity contribution in [2.45, 2.75) is 23.8 Å². The fourth-order valence-corrected chi connectivity index (χ4v) is 2.99. The number of nitrogens with one attached hydrogen (secondary N) is 1. The Balaban J connectivity index is 2.10. The van der Waals surface area contributed by atoms with E-state index in [2.05, 4.69) is 4.72 Å². The quantitative estimate of drug-likeness (QED) is 0.889. The number of hydrogen-bond acceptors (Lipinski definition) is 3. The highest BCUT2D eigenvalue weighted by Crippen LogP contribution is 2.13. The average Bonchev–Trinajstić information content (AvgIpc) is 2.30. The van der Waals surface area contributed by atoms with Crippen molar-refractivity contribution in [2.24, 2.45) is 0 Å². The smallest absolute Gasteiger partial charge is 0.240 e. The van der Waals surface area contributed by atoms with E-state index in [0.717, 1.165) is 25.0 Å². The molecule has 1 N–H and O–H groups in total. The summed E-state index contributed by atoms with van der Waals surface area (Å²) in [5, 5.41) is 0. The van der Waals surface area contributed by atoms with Gasteiger partial charge in [0.2, 0.25) is 10.0 Å². The zero-order valence-corrected chi connectivity index (χ0v) is 10.0. The van der Waals surface area contributed by atoms with Crippen LogP contribution < -0.4 is 4.72 Å². The summed E-state index contributed by atoms with van der Waals surface area (Å²) in [6.45, 7) is 1.06. The molecule has 1 aromatic carbocycles. The Morgan fingerprint density at radius 2 is 2.00 bits per heavy atom. The fourth-order valence-electron chi connectivity index (χ4n) is 1.73. The molecular weight excluding hydrogens is 245 g/mol. The lowest BCUT2D eigenvalue weighted by atomic mass is 10.1.